The Labute approximate surface area is 417 Å². The fraction of sp³-hybridized carbons (Fsp3) is 0.566. The van der Waals surface area contributed by atoms with Crippen LogP contribution in [-0.2, 0) is 49.5 Å². The van der Waals surface area contributed by atoms with E-state index in [1.165, 1.54) is 0 Å². The van der Waals surface area contributed by atoms with Crippen molar-refractivity contribution < 1.29 is 23.9 Å². The zero-order valence-corrected chi connectivity index (χ0v) is 42.0. The maximum atomic E-state index is 13.4. The number of hydrogen-bond donors (Lipinski definition) is 2. The number of nitrogens with one attached hydrogen (secondary N) is 2. The standard InChI is InChI=1S/C53H80N12O5/c1-3-69-52(67)45-64-41-37-62(33-21-51(66)59-28-36-61(31-19-49-15-7-11-24-57-49)32-20-50-16-8-12-25-58-50)38-42-65(46-53(68)70-4-2)44-40-63(39-43-64)35-27-54-26-34-60(29-17-47-13-5-9-22-55-47)30-18-48-14-6-10-23-56-48/h5-16,22-25,54H,3-4,17-21,26-46H2,1-2H3,(H,59,66). The Morgan fingerprint density at radius 2 is 0.857 bits per heavy atom. The maximum Gasteiger partial charge on any atom is 0.320 e. The van der Waals surface area contributed by atoms with Crippen LogP contribution in [0.15, 0.2) is 97.6 Å². The zero-order chi connectivity index (χ0) is 49.3. The molecule has 5 heterocycles. The lowest BCUT2D eigenvalue weighted by atomic mass is 10.2. The Kier molecular flexibility index (Phi) is 27.1. The number of esters is 2. The van der Waals surface area contributed by atoms with E-state index in [4.69, 9.17) is 9.47 Å². The van der Waals surface area contributed by atoms with Crippen LogP contribution < -0.4 is 10.6 Å². The van der Waals surface area contributed by atoms with Gasteiger partial charge in [0.2, 0.25) is 5.91 Å². The fourth-order valence-corrected chi connectivity index (χ4v) is 8.37. The predicted molar refractivity (Wildman–Crippen MR) is 274 cm³/mol. The van der Waals surface area contributed by atoms with Crippen LogP contribution in [0.2, 0.25) is 0 Å². The highest BCUT2D eigenvalue weighted by atomic mass is 16.5. The van der Waals surface area contributed by atoms with Crippen LogP contribution >= 0.6 is 0 Å². The summed E-state index contributed by atoms with van der Waals surface area (Å²) in [5.41, 5.74) is 4.27. The quantitative estimate of drug-likeness (QED) is 0.0579. The van der Waals surface area contributed by atoms with Crippen molar-refractivity contribution in [2.24, 2.45) is 0 Å². The van der Waals surface area contributed by atoms with Gasteiger partial charge in [-0.05, 0) is 62.4 Å². The molecule has 1 saturated heterocycles. The summed E-state index contributed by atoms with van der Waals surface area (Å²) >= 11 is 0. The second kappa shape index (κ2) is 34.1. The van der Waals surface area contributed by atoms with E-state index < -0.39 is 0 Å². The average Bonchev–Trinajstić information content (AvgIpc) is 3.38. The summed E-state index contributed by atoms with van der Waals surface area (Å²) in [6.07, 6.45) is 11.1. The number of nitrogens with zero attached hydrogens (tertiary/aromatic N) is 10. The number of aromatic nitrogens is 4. The summed E-state index contributed by atoms with van der Waals surface area (Å²) in [4.78, 5) is 71.1. The minimum atomic E-state index is -0.237. The molecule has 17 nitrogen and oxygen atoms in total. The number of carbonyl (C=O) groups excluding carboxylic acids is 3. The van der Waals surface area contributed by atoms with Crippen LogP contribution in [0.3, 0.4) is 0 Å². The maximum absolute atomic E-state index is 13.4. The lowest BCUT2D eigenvalue weighted by Gasteiger charge is -2.34. The van der Waals surface area contributed by atoms with Crippen molar-refractivity contribution >= 4 is 17.8 Å². The number of carbonyl (C=O) groups is 3. The predicted octanol–water partition coefficient (Wildman–Crippen LogP) is 2.58. The number of ether oxygens (including phenoxy) is 2. The summed E-state index contributed by atoms with van der Waals surface area (Å²) in [7, 11) is 0. The van der Waals surface area contributed by atoms with Crippen molar-refractivity contribution in [1.29, 1.82) is 0 Å². The van der Waals surface area contributed by atoms with Crippen LogP contribution in [0.25, 0.3) is 0 Å². The fourth-order valence-electron chi connectivity index (χ4n) is 8.37. The Morgan fingerprint density at radius 3 is 1.23 bits per heavy atom. The highest BCUT2D eigenvalue weighted by Gasteiger charge is 2.21. The van der Waals surface area contributed by atoms with Gasteiger partial charge in [0.25, 0.3) is 0 Å². The number of rotatable bonds is 30. The first-order valence-corrected chi connectivity index (χ1v) is 25.6. The molecule has 4 aromatic rings. The summed E-state index contributed by atoms with van der Waals surface area (Å²) in [6, 6.07) is 24.1. The third kappa shape index (κ3) is 24.0. The van der Waals surface area contributed by atoms with Gasteiger partial charge >= 0.3 is 11.9 Å². The molecule has 0 saturated carbocycles. The Bertz CT molecular complexity index is 1870. The molecule has 2 N–H and O–H groups in total. The van der Waals surface area contributed by atoms with Gasteiger partial charge in [0, 0.05) is 204 Å². The van der Waals surface area contributed by atoms with Crippen LogP contribution in [0.4, 0.5) is 0 Å². The molecule has 1 amide bonds. The van der Waals surface area contributed by atoms with Gasteiger partial charge in [-0.2, -0.15) is 0 Å². The van der Waals surface area contributed by atoms with Gasteiger partial charge in [-0.15, -0.1) is 0 Å². The smallest absolute Gasteiger partial charge is 0.320 e. The van der Waals surface area contributed by atoms with E-state index in [0.29, 0.717) is 78.5 Å². The Morgan fingerprint density at radius 1 is 0.486 bits per heavy atom. The minimum absolute atomic E-state index is 0.00166. The van der Waals surface area contributed by atoms with Gasteiger partial charge in [0.1, 0.15) is 0 Å². The topological polar surface area (TPSA) is 165 Å². The molecule has 1 fully saturated rings. The molecule has 0 aliphatic carbocycles. The van der Waals surface area contributed by atoms with Crippen LogP contribution in [0, 0.1) is 0 Å². The molecular weight excluding hydrogens is 885 g/mol. The number of hydrogen-bond acceptors (Lipinski definition) is 16. The molecule has 1 aliphatic heterocycles. The van der Waals surface area contributed by atoms with Crippen molar-refractivity contribution in [3.8, 4) is 0 Å². The molecule has 5 rings (SSSR count). The molecule has 0 spiro atoms. The van der Waals surface area contributed by atoms with Crippen LogP contribution in [-0.4, -0.2) is 218 Å². The van der Waals surface area contributed by atoms with Crippen LogP contribution in [0.5, 0.6) is 0 Å². The summed E-state index contributed by atoms with van der Waals surface area (Å²) in [5.74, 6) is -0.476. The third-order valence-electron chi connectivity index (χ3n) is 12.5. The zero-order valence-electron chi connectivity index (χ0n) is 42.0. The van der Waals surface area contributed by atoms with Gasteiger partial charge in [-0.1, -0.05) is 24.3 Å². The van der Waals surface area contributed by atoms with E-state index in [2.05, 4.69) is 72.1 Å². The first kappa shape index (κ1) is 55.7. The minimum Gasteiger partial charge on any atom is -0.465 e. The van der Waals surface area contributed by atoms with E-state index in [9.17, 15) is 14.4 Å². The molecule has 1 aliphatic rings. The van der Waals surface area contributed by atoms with Crippen molar-refractivity contribution in [2.75, 3.05) is 151 Å². The lowest BCUT2D eigenvalue weighted by molar-refractivity contribution is -0.145. The second-order valence-electron chi connectivity index (χ2n) is 17.7. The summed E-state index contributed by atoms with van der Waals surface area (Å²) in [6.45, 7) is 18.8. The molecule has 4 aromatic heterocycles. The third-order valence-corrected chi connectivity index (χ3v) is 12.5. The highest BCUT2D eigenvalue weighted by molar-refractivity contribution is 5.76. The molecular formula is C53H80N12O5. The summed E-state index contributed by atoms with van der Waals surface area (Å²) in [5, 5.41) is 6.87. The SMILES string of the molecule is CCOC(=O)CN1CCN(CCNCCN(CCc2ccccn2)CCc2ccccn2)CCN(CC(=O)OCC)CCN(CCC(=O)NCCN(CCc2ccccn2)CCc2ccccn2)CC1. The lowest BCUT2D eigenvalue weighted by Crippen LogP contribution is -2.49. The van der Waals surface area contributed by atoms with Gasteiger partial charge in [0.05, 0.1) is 26.3 Å². The van der Waals surface area contributed by atoms with Gasteiger partial charge < -0.3 is 34.8 Å². The van der Waals surface area contributed by atoms with Crippen LogP contribution in [0.1, 0.15) is 43.0 Å². The van der Waals surface area contributed by atoms with Gasteiger partial charge in [0.15, 0.2) is 0 Å². The van der Waals surface area contributed by atoms with Crippen molar-refractivity contribution in [1.82, 2.24) is 60.0 Å². The molecule has 0 atom stereocenters. The van der Waals surface area contributed by atoms with E-state index in [1.807, 2.05) is 99.3 Å². The average molecular weight is 965 g/mol. The number of amides is 1. The first-order valence-electron chi connectivity index (χ1n) is 25.6. The largest absolute Gasteiger partial charge is 0.465 e. The molecule has 0 radical (unpaired) electrons. The Hall–Kier alpha value is -5.27. The monoisotopic (exact) mass is 965 g/mol. The molecule has 0 bridgehead atoms. The van der Waals surface area contributed by atoms with Gasteiger partial charge in [-0.3, -0.25) is 49.0 Å². The van der Waals surface area contributed by atoms with E-state index >= 15 is 0 Å². The van der Waals surface area contributed by atoms with E-state index in [0.717, 1.165) is 114 Å². The van der Waals surface area contributed by atoms with Crippen molar-refractivity contribution in [2.45, 2.75) is 46.0 Å². The summed E-state index contributed by atoms with van der Waals surface area (Å²) < 4.78 is 10.8. The normalized spacial score (nSPS) is 14.8. The van der Waals surface area contributed by atoms with Crippen molar-refractivity contribution in [3.05, 3.63) is 120 Å². The molecule has 382 valence electrons. The molecule has 70 heavy (non-hydrogen) atoms. The van der Waals surface area contributed by atoms with Crippen molar-refractivity contribution in [3.63, 3.8) is 0 Å². The first-order chi connectivity index (χ1) is 34.3. The van der Waals surface area contributed by atoms with Gasteiger partial charge in [-0.25, -0.2) is 0 Å². The molecule has 0 aromatic carbocycles. The molecule has 17 heteroatoms. The Balaban J connectivity index is 1.14. The van der Waals surface area contributed by atoms with E-state index in [1.54, 1.807) is 0 Å². The molecule has 0 unspecified atom stereocenters. The highest BCUT2D eigenvalue weighted by Crippen LogP contribution is 2.06. The second-order valence-corrected chi connectivity index (χ2v) is 17.7. The number of pyridine rings is 4. The van der Waals surface area contributed by atoms with E-state index in [-0.39, 0.29) is 30.9 Å².